The number of carbonyl (C=O) groups excluding carboxylic acids is 1. The van der Waals surface area contributed by atoms with Crippen molar-refractivity contribution in [1.82, 2.24) is 4.90 Å². The molecule has 1 fully saturated rings. The Hall–Kier alpha value is -3.21. The molecule has 2 N–H and O–H groups in total. The number of hydrogen-bond donors (Lipinski definition) is 1. The Morgan fingerprint density at radius 2 is 1.82 bits per heavy atom. The molecule has 2 aromatic rings. The number of carbonyl (C=O) groups is 1. The fourth-order valence-corrected chi connectivity index (χ4v) is 4.62. The first-order valence-electron chi connectivity index (χ1n) is 10.3. The van der Waals surface area contributed by atoms with Crippen LogP contribution in [0.5, 0.6) is 0 Å². The monoisotopic (exact) mass is 486 g/mol. The maximum atomic E-state index is 13.7. The minimum absolute atomic E-state index is 0.0614. The predicted octanol–water partition coefficient (Wildman–Crippen LogP) is 4.56. The number of allylic oxidation sites excluding steroid dienone is 2. The number of amides is 1. The van der Waals surface area contributed by atoms with E-state index in [4.69, 9.17) is 33.7 Å². The van der Waals surface area contributed by atoms with Gasteiger partial charge in [-0.2, -0.15) is 5.26 Å². The molecule has 0 spiro atoms. The molecule has 0 aliphatic carbocycles. The third-order valence-corrected chi connectivity index (χ3v) is 6.72. The highest BCUT2D eigenvalue weighted by atomic mass is 35.5. The van der Waals surface area contributed by atoms with Crippen molar-refractivity contribution in [3.05, 3.63) is 86.7 Å². The normalized spacial score (nSPS) is 18.8. The fraction of sp³-hybridized carbons (Fsp3) is 0.250. The number of piperazine rings is 1. The van der Waals surface area contributed by atoms with Crippen molar-refractivity contribution in [2.45, 2.75) is 12.8 Å². The molecule has 0 saturated carbocycles. The van der Waals surface area contributed by atoms with Gasteiger partial charge in [-0.1, -0.05) is 35.3 Å². The molecule has 170 valence electrons. The lowest BCUT2D eigenvalue weighted by Crippen LogP contribution is -2.50. The number of benzene rings is 2. The van der Waals surface area contributed by atoms with Crippen LogP contribution in [0.15, 0.2) is 65.3 Å². The Balaban J connectivity index is 1.63. The summed E-state index contributed by atoms with van der Waals surface area (Å²) in [5.74, 6) is -1.09. The molecule has 2 aromatic carbocycles. The van der Waals surface area contributed by atoms with Crippen LogP contribution in [0.3, 0.4) is 0 Å². The second-order valence-electron chi connectivity index (χ2n) is 7.79. The summed E-state index contributed by atoms with van der Waals surface area (Å²) in [6.45, 7) is 3.70. The second kappa shape index (κ2) is 9.34. The van der Waals surface area contributed by atoms with E-state index in [1.807, 2.05) is 0 Å². The maximum absolute atomic E-state index is 13.7. The van der Waals surface area contributed by atoms with Crippen molar-refractivity contribution in [2.24, 2.45) is 5.73 Å². The first-order valence-corrected chi connectivity index (χ1v) is 11.1. The van der Waals surface area contributed by atoms with Gasteiger partial charge in [-0.15, -0.1) is 0 Å². The van der Waals surface area contributed by atoms with Gasteiger partial charge in [0, 0.05) is 31.9 Å². The number of nitrogens with two attached hydrogens (primary N) is 1. The number of hydrogen-bond acceptors (Lipinski definition) is 5. The summed E-state index contributed by atoms with van der Waals surface area (Å²) in [4.78, 5) is 17.5. The van der Waals surface area contributed by atoms with Crippen LogP contribution >= 0.6 is 23.2 Å². The van der Waals surface area contributed by atoms with Gasteiger partial charge in [0.05, 0.1) is 21.5 Å². The molecular formula is C24H21Cl2FN4O2. The molecule has 0 bridgehead atoms. The van der Waals surface area contributed by atoms with Crippen molar-refractivity contribution in [3.63, 3.8) is 0 Å². The average molecular weight is 487 g/mol. The van der Waals surface area contributed by atoms with Crippen molar-refractivity contribution in [2.75, 3.05) is 31.1 Å². The number of ether oxygens (including phenoxy) is 1. The molecular weight excluding hydrogens is 466 g/mol. The zero-order valence-electron chi connectivity index (χ0n) is 17.8. The molecule has 1 unspecified atom stereocenters. The second-order valence-corrected chi connectivity index (χ2v) is 8.58. The van der Waals surface area contributed by atoms with Crippen LogP contribution in [0.1, 0.15) is 18.4 Å². The lowest BCUT2D eigenvalue weighted by Gasteiger charge is -2.38. The van der Waals surface area contributed by atoms with Gasteiger partial charge < -0.3 is 20.3 Å². The van der Waals surface area contributed by atoms with Crippen molar-refractivity contribution in [1.29, 1.82) is 5.26 Å². The number of anilines is 1. The summed E-state index contributed by atoms with van der Waals surface area (Å²) in [6, 6.07) is 13.4. The van der Waals surface area contributed by atoms with Crippen molar-refractivity contribution < 1.29 is 13.9 Å². The molecule has 2 aliphatic rings. The minimum atomic E-state index is -0.794. The third kappa shape index (κ3) is 4.37. The number of rotatable bonds is 3. The molecule has 1 saturated heterocycles. The SMILES string of the molecule is CC1=C(C(=O)N2CCN(c3ccc(F)cc3)CC2)C(c2cccc(Cl)c2Cl)C(C#N)=C(N)O1. The van der Waals surface area contributed by atoms with Gasteiger partial charge in [0.1, 0.15) is 23.2 Å². The smallest absolute Gasteiger partial charge is 0.254 e. The van der Waals surface area contributed by atoms with Gasteiger partial charge in [-0.25, -0.2) is 4.39 Å². The quantitative estimate of drug-likeness (QED) is 0.687. The molecule has 0 radical (unpaired) electrons. The summed E-state index contributed by atoms with van der Waals surface area (Å²) in [6.07, 6.45) is 0. The zero-order chi connectivity index (χ0) is 23.7. The first kappa shape index (κ1) is 23.0. The summed E-state index contributed by atoms with van der Waals surface area (Å²) in [5, 5.41) is 10.4. The molecule has 2 aliphatic heterocycles. The van der Waals surface area contributed by atoms with Crippen LogP contribution in [-0.2, 0) is 9.53 Å². The fourth-order valence-electron chi connectivity index (χ4n) is 4.20. The first-order chi connectivity index (χ1) is 15.8. The van der Waals surface area contributed by atoms with E-state index < -0.39 is 5.92 Å². The third-order valence-electron chi connectivity index (χ3n) is 5.89. The lowest BCUT2D eigenvalue weighted by atomic mass is 9.82. The van der Waals surface area contributed by atoms with Gasteiger partial charge in [0.25, 0.3) is 5.91 Å². The van der Waals surface area contributed by atoms with Gasteiger partial charge in [0.15, 0.2) is 0 Å². The van der Waals surface area contributed by atoms with Gasteiger partial charge >= 0.3 is 0 Å². The number of nitrogens with zero attached hydrogens (tertiary/aromatic N) is 3. The molecule has 9 heteroatoms. The Morgan fingerprint density at radius 3 is 2.45 bits per heavy atom. The standard InChI is InChI=1S/C24H21Cl2FN4O2/c1-14-20(21(18(13-28)23(29)33-14)17-3-2-4-19(25)22(17)26)24(32)31-11-9-30(10-12-31)16-7-5-15(27)6-8-16/h2-8,21H,9-12,29H2,1H3. The van der Waals surface area contributed by atoms with Crippen molar-refractivity contribution in [3.8, 4) is 6.07 Å². The van der Waals surface area contributed by atoms with Crippen LogP contribution in [0, 0.1) is 17.1 Å². The Labute approximate surface area is 201 Å². The lowest BCUT2D eigenvalue weighted by molar-refractivity contribution is -0.128. The predicted molar refractivity (Wildman–Crippen MR) is 125 cm³/mol. The van der Waals surface area contributed by atoms with E-state index in [0.717, 1.165) is 5.69 Å². The molecule has 2 heterocycles. The summed E-state index contributed by atoms with van der Waals surface area (Å²) in [5.41, 5.74) is 7.82. The average Bonchev–Trinajstić information content (AvgIpc) is 2.81. The molecule has 33 heavy (non-hydrogen) atoms. The van der Waals surface area contributed by atoms with Crippen LogP contribution in [0.4, 0.5) is 10.1 Å². The minimum Gasteiger partial charge on any atom is -0.445 e. The Kier molecular flexibility index (Phi) is 6.50. The van der Waals surface area contributed by atoms with E-state index in [1.165, 1.54) is 12.1 Å². The molecule has 6 nitrogen and oxygen atoms in total. The molecule has 0 aromatic heterocycles. The van der Waals surface area contributed by atoms with Crippen LogP contribution in [-0.4, -0.2) is 37.0 Å². The van der Waals surface area contributed by atoms with Crippen LogP contribution < -0.4 is 10.6 Å². The highest BCUT2D eigenvalue weighted by molar-refractivity contribution is 6.42. The van der Waals surface area contributed by atoms with E-state index >= 15 is 0 Å². The van der Waals surface area contributed by atoms with Gasteiger partial charge in [0.2, 0.25) is 5.88 Å². The van der Waals surface area contributed by atoms with E-state index in [0.29, 0.717) is 48.1 Å². The Bertz CT molecular complexity index is 1200. The summed E-state index contributed by atoms with van der Waals surface area (Å²) < 4.78 is 18.8. The van der Waals surface area contributed by atoms with Crippen molar-refractivity contribution >= 4 is 34.8 Å². The summed E-state index contributed by atoms with van der Waals surface area (Å²) >= 11 is 12.7. The Morgan fingerprint density at radius 1 is 1.15 bits per heavy atom. The number of nitriles is 1. The number of halogens is 3. The van der Waals surface area contributed by atoms with E-state index in [1.54, 1.807) is 42.2 Å². The maximum Gasteiger partial charge on any atom is 0.254 e. The largest absolute Gasteiger partial charge is 0.445 e. The topological polar surface area (TPSA) is 82.6 Å². The van der Waals surface area contributed by atoms with E-state index in [2.05, 4.69) is 11.0 Å². The van der Waals surface area contributed by atoms with E-state index in [9.17, 15) is 14.4 Å². The van der Waals surface area contributed by atoms with Crippen LogP contribution in [0.2, 0.25) is 10.0 Å². The highest BCUT2D eigenvalue weighted by Gasteiger charge is 2.39. The van der Waals surface area contributed by atoms with E-state index in [-0.39, 0.29) is 28.2 Å². The van der Waals surface area contributed by atoms with Gasteiger partial charge in [-0.05, 0) is 42.8 Å². The molecule has 4 rings (SSSR count). The zero-order valence-corrected chi connectivity index (χ0v) is 19.3. The summed E-state index contributed by atoms with van der Waals surface area (Å²) in [7, 11) is 0. The molecule has 1 atom stereocenters. The van der Waals surface area contributed by atoms with Gasteiger partial charge in [-0.3, -0.25) is 4.79 Å². The van der Waals surface area contributed by atoms with Crippen LogP contribution in [0.25, 0.3) is 0 Å². The highest BCUT2D eigenvalue weighted by Crippen LogP contribution is 2.44. The molecule has 1 amide bonds.